The van der Waals surface area contributed by atoms with Gasteiger partial charge in [0.2, 0.25) is 0 Å². The van der Waals surface area contributed by atoms with Crippen molar-refractivity contribution in [1.82, 2.24) is 5.32 Å². The molecule has 1 unspecified atom stereocenters. The largest absolute Gasteiger partial charge is 0.377 e. The zero-order valence-electron chi connectivity index (χ0n) is 10.5. The molecule has 0 aromatic heterocycles. The molecule has 3 N–H and O–H groups in total. The second-order valence-corrected chi connectivity index (χ2v) is 4.45. The molecule has 0 aliphatic carbocycles. The first-order valence-corrected chi connectivity index (χ1v) is 5.85. The molecule has 18 heavy (non-hydrogen) atoms. The first-order chi connectivity index (χ1) is 7.81. The number of nitrogens with one attached hydrogen (secondary N) is 1. The third-order valence-corrected chi connectivity index (χ3v) is 3.36. The van der Waals surface area contributed by atoms with Gasteiger partial charge in [0.1, 0.15) is 0 Å². The second-order valence-electron chi connectivity index (χ2n) is 4.45. The SMILES string of the molecule is COC(C[C@@H]1CNC[C@H]1N)c1ccccc1.Cl.Cl. The van der Waals surface area contributed by atoms with Crippen LogP contribution in [0.1, 0.15) is 18.1 Å². The van der Waals surface area contributed by atoms with Gasteiger partial charge in [0.15, 0.2) is 0 Å². The maximum Gasteiger partial charge on any atom is 0.0824 e. The summed E-state index contributed by atoms with van der Waals surface area (Å²) < 4.78 is 5.56. The predicted molar refractivity (Wildman–Crippen MR) is 79.6 cm³/mol. The minimum absolute atomic E-state index is 0. The highest BCUT2D eigenvalue weighted by molar-refractivity contribution is 5.85. The average Bonchev–Trinajstić information content (AvgIpc) is 2.73. The van der Waals surface area contributed by atoms with Crippen LogP contribution in [0.15, 0.2) is 30.3 Å². The molecule has 1 aromatic rings. The standard InChI is InChI=1S/C13H20N2O.2ClH/c1-16-13(10-5-3-2-4-6-10)7-11-8-15-9-12(11)14;;/h2-6,11-13,15H,7-9,14H2,1H3;2*1H/t11-,12-,13?;;/m1../s1. The Morgan fingerprint density at radius 3 is 2.44 bits per heavy atom. The highest BCUT2D eigenvalue weighted by Gasteiger charge is 2.27. The predicted octanol–water partition coefficient (Wildman–Crippen LogP) is 2.15. The quantitative estimate of drug-likeness (QED) is 0.894. The Morgan fingerprint density at radius 2 is 1.94 bits per heavy atom. The number of benzene rings is 1. The molecule has 1 fully saturated rings. The molecular formula is C13H22Cl2N2O. The number of rotatable bonds is 4. The Kier molecular flexibility index (Phi) is 8.57. The minimum Gasteiger partial charge on any atom is -0.377 e. The van der Waals surface area contributed by atoms with Gasteiger partial charge in [0, 0.05) is 19.7 Å². The molecule has 0 bridgehead atoms. The number of methoxy groups -OCH3 is 1. The molecule has 0 amide bonds. The van der Waals surface area contributed by atoms with E-state index in [4.69, 9.17) is 10.5 Å². The summed E-state index contributed by atoms with van der Waals surface area (Å²) in [6, 6.07) is 10.6. The summed E-state index contributed by atoms with van der Waals surface area (Å²) in [5.74, 6) is 0.519. The van der Waals surface area contributed by atoms with E-state index >= 15 is 0 Å². The summed E-state index contributed by atoms with van der Waals surface area (Å²) in [7, 11) is 1.77. The fraction of sp³-hybridized carbons (Fsp3) is 0.538. The molecule has 1 saturated heterocycles. The molecule has 0 radical (unpaired) electrons. The summed E-state index contributed by atoms with van der Waals surface area (Å²) in [5.41, 5.74) is 7.28. The molecule has 104 valence electrons. The van der Waals surface area contributed by atoms with E-state index in [1.807, 2.05) is 18.2 Å². The topological polar surface area (TPSA) is 47.3 Å². The Labute approximate surface area is 121 Å². The van der Waals surface area contributed by atoms with Gasteiger partial charge >= 0.3 is 0 Å². The van der Waals surface area contributed by atoms with Gasteiger partial charge in [0.05, 0.1) is 6.10 Å². The molecule has 1 heterocycles. The second kappa shape index (κ2) is 8.73. The van der Waals surface area contributed by atoms with Gasteiger partial charge < -0.3 is 15.8 Å². The van der Waals surface area contributed by atoms with Crippen molar-refractivity contribution in [2.75, 3.05) is 20.2 Å². The lowest BCUT2D eigenvalue weighted by atomic mass is 9.93. The van der Waals surface area contributed by atoms with Gasteiger partial charge in [-0.05, 0) is 24.4 Å². The van der Waals surface area contributed by atoms with Crippen LogP contribution < -0.4 is 11.1 Å². The third-order valence-electron chi connectivity index (χ3n) is 3.36. The minimum atomic E-state index is 0. The molecule has 3 nitrogen and oxygen atoms in total. The normalized spacial score (nSPS) is 23.9. The number of hydrogen-bond donors (Lipinski definition) is 2. The maximum absolute atomic E-state index is 6.04. The van der Waals surface area contributed by atoms with Gasteiger partial charge in [-0.2, -0.15) is 0 Å². The Bertz CT molecular complexity index is 324. The van der Waals surface area contributed by atoms with Crippen LogP contribution in [-0.4, -0.2) is 26.2 Å². The number of nitrogens with two attached hydrogens (primary N) is 1. The van der Waals surface area contributed by atoms with Gasteiger partial charge in [-0.3, -0.25) is 0 Å². The van der Waals surface area contributed by atoms with E-state index in [1.165, 1.54) is 5.56 Å². The van der Waals surface area contributed by atoms with E-state index < -0.39 is 0 Å². The summed E-state index contributed by atoms with van der Waals surface area (Å²) in [6.45, 7) is 1.93. The average molecular weight is 293 g/mol. The number of halogens is 2. The zero-order chi connectivity index (χ0) is 11.4. The fourth-order valence-corrected chi connectivity index (χ4v) is 2.32. The molecule has 0 saturated carbocycles. The van der Waals surface area contributed by atoms with Gasteiger partial charge in [0.25, 0.3) is 0 Å². The van der Waals surface area contributed by atoms with E-state index in [2.05, 4.69) is 17.4 Å². The molecule has 0 spiro atoms. The molecular weight excluding hydrogens is 271 g/mol. The van der Waals surface area contributed by atoms with E-state index in [0.29, 0.717) is 5.92 Å². The molecule has 1 aliphatic heterocycles. The van der Waals surface area contributed by atoms with Crippen molar-refractivity contribution in [3.63, 3.8) is 0 Å². The van der Waals surface area contributed by atoms with Crippen molar-refractivity contribution in [2.24, 2.45) is 11.7 Å². The van der Waals surface area contributed by atoms with Crippen LogP contribution in [0, 0.1) is 5.92 Å². The van der Waals surface area contributed by atoms with Crippen molar-refractivity contribution in [1.29, 1.82) is 0 Å². The van der Waals surface area contributed by atoms with E-state index in [0.717, 1.165) is 19.5 Å². The van der Waals surface area contributed by atoms with Crippen molar-refractivity contribution >= 4 is 24.8 Å². The van der Waals surface area contributed by atoms with Crippen LogP contribution >= 0.6 is 24.8 Å². The molecule has 5 heteroatoms. The van der Waals surface area contributed by atoms with E-state index in [1.54, 1.807) is 7.11 Å². The Balaban J connectivity index is 0.00000144. The van der Waals surface area contributed by atoms with Crippen LogP contribution in [-0.2, 0) is 4.74 Å². The summed E-state index contributed by atoms with van der Waals surface area (Å²) in [6.07, 6.45) is 1.16. The van der Waals surface area contributed by atoms with E-state index in [9.17, 15) is 0 Å². The van der Waals surface area contributed by atoms with Crippen molar-refractivity contribution in [3.8, 4) is 0 Å². The van der Waals surface area contributed by atoms with Crippen molar-refractivity contribution < 1.29 is 4.74 Å². The first kappa shape index (κ1) is 17.7. The first-order valence-electron chi connectivity index (χ1n) is 5.85. The fourth-order valence-electron chi connectivity index (χ4n) is 2.32. The van der Waals surface area contributed by atoms with Crippen LogP contribution in [0.5, 0.6) is 0 Å². The Morgan fingerprint density at radius 1 is 1.28 bits per heavy atom. The van der Waals surface area contributed by atoms with Crippen LogP contribution in [0.2, 0.25) is 0 Å². The van der Waals surface area contributed by atoms with Crippen LogP contribution in [0.4, 0.5) is 0 Å². The third kappa shape index (κ3) is 4.41. The highest BCUT2D eigenvalue weighted by atomic mass is 35.5. The Hall–Kier alpha value is -0.320. The number of hydrogen-bond acceptors (Lipinski definition) is 3. The van der Waals surface area contributed by atoms with Gasteiger partial charge in [-0.25, -0.2) is 0 Å². The molecule has 1 aliphatic rings. The highest BCUT2D eigenvalue weighted by Crippen LogP contribution is 2.26. The molecule has 2 rings (SSSR count). The lowest BCUT2D eigenvalue weighted by Gasteiger charge is -2.21. The zero-order valence-corrected chi connectivity index (χ0v) is 12.2. The lowest BCUT2D eigenvalue weighted by molar-refractivity contribution is 0.0804. The van der Waals surface area contributed by atoms with Crippen LogP contribution in [0.3, 0.4) is 0 Å². The van der Waals surface area contributed by atoms with Crippen molar-refractivity contribution in [2.45, 2.75) is 18.6 Å². The number of ether oxygens (including phenoxy) is 1. The molecule has 3 atom stereocenters. The van der Waals surface area contributed by atoms with E-state index in [-0.39, 0.29) is 37.0 Å². The maximum atomic E-state index is 6.04. The monoisotopic (exact) mass is 292 g/mol. The summed E-state index contributed by atoms with van der Waals surface area (Å²) >= 11 is 0. The van der Waals surface area contributed by atoms with Crippen molar-refractivity contribution in [3.05, 3.63) is 35.9 Å². The summed E-state index contributed by atoms with van der Waals surface area (Å²) in [4.78, 5) is 0. The van der Waals surface area contributed by atoms with Gasteiger partial charge in [-0.15, -0.1) is 24.8 Å². The lowest BCUT2D eigenvalue weighted by Crippen LogP contribution is -2.30. The van der Waals surface area contributed by atoms with Gasteiger partial charge in [-0.1, -0.05) is 30.3 Å². The smallest absolute Gasteiger partial charge is 0.0824 e. The molecule has 1 aromatic carbocycles. The summed E-state index contributed by atoms with van der Waals surface area (Å²) in [5, 5.41) is 3.32. The van der Waals surface area contributed by atoms with Crippen LogP contribution in [0.25, 0.3) is 0 Å².